The molecule has 1 fully saturated rings. The van der Waals surface area contributed by atoms with E-state index >= 15 is 0 Å². The Morgan fingerprint density at radius 1 is 0.976 bits per heavy atom. The minimum Gasteiger partial charge on any atom is -0.478 e. The molecule has 2 amide bonds. The Balaban J connectivity index is 1.98. The molecule has 3 rings (SSSR count). The van der Waals surface area contributed by atoms with Crippen LogP contribution in [-0.4, -0.2) is 89.3 Å². The lowest BCUT2D eigenvalue weighted by Crippen LogP contribution is -2.65. The SMILES string of the molecule is Cc1nc(C2=C(C(=O)O)C3CN(C(=O)OC(C)(C)C)CC(C2)N3C(=O)OC(C)(C)C)sc1CCO[Si](C)(C)C(C)(C)C. The normalized spacial score (nSPS) is 20.1. The largest absolute Gasteiger partial charge is 0.478 e. The van der Waals surface area contributed by atoms with Crippen molar-refractivity contribution in [2.75, 3.05) is 19.7 Å². The highest BCUT2D eigenvalue weighted by atomic mass is 32.1. The first-order chi connectivity index (χ1) is 19.0. The topological polar surface area (TPSA) is 118 Å². The van der Waals surface area contributed by atoms with E-state index in [1.807, 2.05) is 6.92 Å². The lowest BCUT2D eigenvalue weighted by atomic mass is 9.85. The number of rotatable bonds is 6. The fourth-order valence-electron chi connectivity index (χ4n) is 4.85. The number of thiazole rings is 1. The van der Waals surface area contributed by atoms with Crippen molar-refractivity contribution in [3.63, 3.8) is 0 Å². The molecule has 3 heterocycles. The number of hydrogen-bond donors (Lipinski definition) is 1. The van der Waals surface area contributed by atoms with E-state index < -0.39 is 49.8 Å². The molecule has 2 atom stereocenters. The molecule has 1 aromatic rings. The number of ether oxygens (including phenoxy) is 2. The van der Waals surface area contributed by atoms with E-state index in [9.17, 15) is 19.5 Å². The van der Waals surface area contributed by atoms with Gasteiger partial charge in [0.15, 0.2) is 8.32 Å². The second-order valence-electron chi connectivity index (χ2n) is 14.7. The molecule has 0 saturated carbocycles. The van der Waals surface area contributed by atoms with E-state index in [0.29, 0.717) is 23.6 Å². The monoisotopic (exact) mass is 623 g/mol. The maximum atomic E-state index is 13.4. The zero-order valence-electron chi connectivity index (χ0n) is 27.3. The fourth-order valence-corrected chi connectivity index (χ4v) is 7.01. The summed E-state index contributed by atoms with van der Waals surface area (Å²) >= 11 is 1.48. The Kier molecular flexibility index (Phi) is 9.66. The van der Waals surface area contributed by atoms with E-state index in [4.69, 9.17) is 18.9 Å². The Hall–Kier alpha value is -2.44. The van der Waals surface area contributed by atoms with E-state index in [0.717, 1.165) is 10.6 Å². The average molecular weight is 624 g/mol. The third kappa shape index (κ3) is 7.93. The highest BCUT2D eigenvalue weighted by molar-refractivity contribution is 7.12. The molecule has 0 spiro atoms. The molecule has 1 saturated heterocycles. The average Bonchev–Trinajstić information content (AvgIpc) is 3.14. The number of fused-ring (bicyclic) bond motifs is 2. The summed E-state index contributed by atoms with van der Waals surface area (Å²) in [4.78, 5) is 48.1. The zero-order valence-corrected chi connectivity index (χ0v) is 29.2. The summed E-state index contributed by atoms with van der Waals surface area (Å²) in [6.45, 7) is 24.4. The maximum absolute atomic E-state index is 13.4. The van der Waals surface area contributed by atoms with Crippen LogP contribution >= 0.6 is 11.3 Å². The van der Waals surface area contributed by atoms with Gasteiger partial charge in [-0.2, -0.15) is 0 Å². The number of carbonyl (C=O) groups excluding carboxylic acids is 2. The lowest BCUT2D eigenvalue weighted by Gasteiger charge is -2.49. The van der Waals surface area contributed by atoms with Crippen molar-refractivity contribution in [2.45, 2.75) is 123 Å². The first-order valence-corrected chi connectivity index (χ1v) is 18.3. The standard InChI is InChI=1S/C30H49N3O7SSi/c1-18-22(13-14-38-42(11,12)30(8,9)10)41-24(31-18)20-15-19-16-32(26(36)39-28(2,3)4)17-21(23(20)25(34)35)33(19)27(37)40-29(5,6)7/h19,21H,13-17H2,1-12H3,(H,34,35). The molecule has 12 heteroatoms. The number of aromatic nitrogens is 1. The summed E-state index contributed by atoms with van der Waals surface area (Å²) < 4.78 is 17.7. The summed E-state index contributed by atoms with van der Waals surface area (Å²) in [5.41, 5.74) is 0.0289. The van der Waals surface area contributed by atoms with Crippen LogP contribution in [0.2, 0.25) is 18.1 Å². The number of amides is 2. The molecule has 236 valence electrons. The predicted molar refractivity (Wildman–Crippen MR) is 166 cm³/mol. The molecule has 2 unspecified atom stereocenters. The van der Waals surface area contributed by atoms with E-state index in [2.05, 4.69) is 33.9 Å². The first kappa shape index (κ1) is 34.1. The van der Waals surface area contributed by atoms with Crippen LogP contribution in [0, 0.1) is 6.92 Å². The van der Waals surface area contributed by atoms with E-state index in [1.54, 1.807) is 41.5 Å². The second kappa shape index (κ2) is 11.9. The number of carbonyl (C=O) groups is 3. The van der Waals surface area contributed by atoms with Crippen molar-refractivity contribution in [2.24, 2.45) is 0 Å². The summed E-state index contributed by atoms with van der Waals surface area (Å²) in [5.74, 6) is -1.15. The summed E-state index contributed by atoms with van der Waals surface area (Å²) in [7, 11) is -1.90. The third-order valence-corrected chi connectivity index (χ3v) is 13.7. The van der Waals surface area contributed by atoms with E-state index in [-0.39, 0.29) is 30.1 Å². The van der Waals surface area contributed by atoms with Gasteiger partial charge in [0.25, 0.3) is 0 Å². The van der Waals surface area contributed by atoms with Crippen molar-refractivity contribution in [3.05, 3.63) is 21.2 Å². The van der Waals surface area contributed by atoms with Gasteiger partial charge in [-0.05, 0) is 73.0 Å². The molecule has 0 aliphatic carbocycles. The molecule has 10 nitrogen and oxygen atoms in total. The Labute approximate surface area is 255 Å². The van der Waals surface area contributed by atoms with Gasteiger partial charge < -0.3 is 23.9 Å². The summed E-state index contributed by atoms with van der Waals surface area (Å²) in [5, 5.41) is 11.2. The number of carboxylic acids is 1. The minimum atomic E-state index is -1.90. The van der Waals surface area contributed by atoms with E-state index in [1.165, 1.54) is 21.1 Å². The van der Waals surface area contributed by atoms with Crippen molar-refractivity contribution in [1.82, 2.24) is 14.8 Å². The summed E-state index contributed by atoms with van der Waals surface area (Å²) in [6.07, 6.45) is -0.222. The molecule has 0 aromatic carbocycles. The molecule has 2 bridgehead atoms. The van der Waals surface area contributed by atoms with Crippen molar-refractivity contribution in [1.29, 1.82) is 0 Å². The van der Waals surface area contributed by atoms with Crippen LogP contribution in [0.5, 0.6) is 0 Å². The van der Waals surface area contributed by atoms with Gasteiger partial charge in [-0.25, -0.2) is 19.4 Å². The van der Waals surface area contributed by atoms with Crippen LogP contribution in [-0.2, 0) is 25.1 Å². The van der Waals surface area contributed by atoms with Crippen LogP contribution in [0.3, 0.4) is 0 Å². The molecule has 0 radical (unpaired) electrons. The summed E-state index contributed by atoms with van der Waals surface area (Å²) in [6, 6.07) is -1.42. The number of aliphatic carboxylic acids is 1. The molecule has 1 aromatic heterocycles. The molecule has 2 aliphatic heterocycles. The van der Waals surface area contributed by atoms with Gasteiger partial charge in [0.05, 0.1) is 23.4 Å². The quantitative estimate of drug-likeness (QED) is 0.358. The number of piperazine rings is 1. The fraction of sp³-hybridized carbons (Fsp3) is 0.733. The number of nitrogens with zero attached hydrogens (tertiary/aromatic N) is 3. The molecular formula is C30H49N3O7SSi. The van der Waals surface area contributed by atoms with Crippen LogP contribution in [0.1, 0.15) is 84.3 Å². The van der Waals surface area contributed by atoms with Crippen molar-refractivity contribution >= 4 is 43.4 Å². The van der Waals surface area contributed by atoms with Gasteiger partial charge in [0.1, 0.15) is 16.2 Å². The Bertz CT molecular complexity index is 1240. The van der Waals surface area contributed by atoms with Gasteiger partial charge in [0, 0.05) is 36.6 Å². The Morgan fingerprint density at radius 2 is 1.55 bits per heavy atom. The maximum Gasteiger partial charge on any atom is 0.411 e. The number of aryl methyl sites for hydroxylation is 1. The molecule has 42 heavy (non-hydrogen) atoms. The van der Waals surface area contributed by atoms with Gasteiger partial charge >= 0.3 is 18.2 Å². The van der Waals surface area contributed by atoms with Crippen LogP contribution in [0.4, 0.5) is 9.59 Å². The smallest absolute Gasteiger partial charge is 0.411 e. The highest BCUT2D eigenvalue weighted by Crippen LogP contribution is 2.42. The third-order valence-electron chi connectivity index (χ3n) is 7.89. The zero-order chi connectivity index (χ0) is 32.0. The highest BCUT2D eigenvalue weighted by Gasteiger charge is 2.50. The van der Waals surface area contributed by atoms with Gasteiger partial charge in [-0.1, -0.05) is 20.8 Å². The van der Waals surface area contributed by atoms with Gasteiger partial charge in [-0.15, -0.1) is 11.3 Å². The molecule has 2 aliphatic rings. The van der Waals surface area contributed by atoms with Crippen LogP contribution < -0.4 is 0 Å². The van der Waals surface area contributed by atoms with Crippen LogP contribution in [0.15, 0.2) is 5.57 Å². The van der Waals surface area contributed by atoms with Gasteiger partial charge in [0.2, 0.25) is 0 Å². The van der Waals surface area contributed by atoms with Crippen LogP contribution in [0.25, 0.3) is 5.57 Å². The second-order valence-corrected chi connectivity index (χ2v) is 20.6. The molecular weight excluding hydrogens is 574 g/mol. The number of carboxylic acid groups (broad SMARTS) is 1. The van der Waals surface area contributed by atoms with Crippen molar-refractivity contribution < 1.29 is 33.4 Å². The lowest BCUT2D eigenvalue weighted by molar-refractivity contribution is -0.134. The number of hydrogen-bond acceptors (Lipinski definition) is 8. The predicted octanol–water partition coefficient (Wildman–Crippen LogP) is 6.48. The Morgan fingerprint density at radius 3 is 2.07 bits per heavy atom. The van der Waals surface area contributed by atoms with Gasteiger partial charge in [-0.3, -0.25) is 4.90 Å². The molecule has 1 N–H and O–H groups in total. The first-order valence-electron chi connectivity index (χ1n) is 14.6. The minimum absolute atomic E-state index is 0.0205. The van der Waals surface area contributed by atoms with Crippen molar-refractivity contribution in [3.8, 4) is 0 Å².